The molecule has 1 aromatic rings. The Morgan fingerprint density at radius 1 is 1.35 bits per heavy atom. The summed E-state index contributed by atoms with van der Waals surface area (Å²) in [5, 5.41) is 13.2. The standard InChI is InChI=1S/C15H21FN2O2/c1-14(2)5-7-15(20,8-6-14)10-18-13(19)11-3-4-12(16)17-9-11/h3-4,9,20H,5-8,10H2,1-2H3,(H,18,19). The molecule has 4 nitrogen and oxygen atoms in total. The average Bonchev–Trinajstić information content (AvgIpc) is 2.41. The second-order valence-electron chi connectivity index (χ2n) is 6.44. The average molecular weight is 280 g/mol. The zero-order valence-electron chi connectivity index (χ0n) is 11.9. The predicted molar refractivity (Wildman–Crippen MR) is 73.7 cm³/mol. The summed E-state index contributed by atoms with van der Waals surface area (Å²) in [5.41, 5.74) is -0.276. The number of amides is 1. The highest BCUT2D eigenvalue weighted by molar-refractivity contribution is 5.93. The van der Waals surface area contributed by atoms with E-state index in [1.54, 1.807) is 0 Å². The first-order valence-electron chi connectivity index (χ1n) is 6.92. The second-order valence-corrected chi connectivity index (χ2v) is 6.44. The van der Waals surface area contributed by atoms with Gasteiger partial charge in [0.2, 0.25) is 5.95 Å². The lowest BCUT2D eigenvalue weighted by molar-refractivity contribution is -0.0233. The molecule has 0 saturated heterocycles. The number of hydrogen-bond donors (Lipinski definition) is 2. The summed E-state index contributed by atoms with van der Waals surface area (Å²) in [5.74, 6) is -0.953. The van der Waals surface area contributed by atoms with Crippen molar-refractivity contribution in [1.29, 1.82) is 0 Å². The third-order valence-electron chi connectivity index (χ3n) is 4.10. The SMILES string of the molecule is CC1(C)CCC(O)(CNC(=O)c2ccc(F)nc2)CC1. The molecule has 20 heavy (non-hydrogen) atoms. The minimum Gasteiger partial charge on any atom is -0.388 e. The highest BCUT2D eigenvalue weighted by Gasteiger charge is 2.36. The molecule has 1 aliphatic rings. The number of halogens is 1. The molecule has 2 rings (SSSR count). The topological polar surface area (TPSA) is 62.2 Å². The van der Waals surface area contributed by atoms with Crippen molar-refractivity contribution in [2.75, 3.05) is 6.54 Å². The van der Waals surface area contributed by atoms with E-state index in [9.17, 15) is 14.3 Å². The van der Waals surface area contributed by atoms with Gasteiger partial charge < -0.3 is 10.4 Å². The van der Waals surface area contributed by atoms with Crippen LogP contribution in [0.3, 0.4) is 0 Å². The van der Waals surface area contributed by atoms with Crippen LogP contribution in [0.1, 0.15) is 49.9 Å². The van der Waals surface area contributed by atoms with Crippen LogP contribution in [0.4, 0.5) is 4.39 Å². The van der Waals surface area contributed by atoms with Gasteiger partial charge in [-0.3, -0.25) is 4.79 Å². The summed E-state index contributed by atoms with van der Waals surface area (Å²) >= 11 is 0. The van der Waals surface area contributed by atoms with Gasteiger partial charge in [-0.2, -0.15) is 4.39 Å². The normalized spacial score (nSPS) is 20.4. The van der Waals surface area contributed by atoms with Gasteiger partial charge in [-0.25, -0.2) is 4.98 Å². The van der Waals surface area contributed by atoms with Crippen LogP contribution in [0, 0.1) is 11.4 Å². The van der Waals surface area contributed by atoms with Gasteiger partial charge in [0, 0.05) is 12.7 Å². The fourth-order valence-electron chi connectivity index (χ4n) is 2.43. The number of aliphatic hydroxyl groups is 1. The fourth-order valence-corrected chi connectivity index (χ4v) is 2.43. The van der Waals surface area contributed by atoms with E-state index < -0.39 is 11.5 Å². The third kappa shape index (κ3) is 3.76. The number of nitrogens with zero attached hydrogens (tertiary/aromatic N) is 1. The van der Waals surface area contributed by atoms with Gasteiger partial charge in [-0.1, -0.05) is 13.8 Å². The summed E-state index contributed by atoms with van der Waals surface area (Å²) in [7, 11) is 0. The van der Waals surface area contributed by atoms with Crippen molar-refractivity contribution in [3.8, 4) is 0 Å². The lowest BCUT2D eigenvalue weighted by Gasteiger charge is -2.40. The maximum Gasteiger partial charge on any atom is 0.252 e. The number of carbonyl (C=O) groups excluding carboxylic acids is 1. The fraction of sp³-hybridized carbons (Fsp3) is 0.600. The Morgan fingerprint density at radius 2 is 2.00 bits per heavy atom. The number of carbonyl (C=O) groups is 1. The summed E-state index contributed by atoms with van der Waals surface area (Å²) < 4.78 is 12.7. The molecular weight excluding hydrogens is 259 g/mol. The van der Waals surface area contributed by atoms with E-state index >= 15 is 0 Å². The van der Waals surface area contributed by atoms with Crippen molar-refractivity contribution < 1.29 is 14.3 Å². The highest BCUT2D eigenvalue weighted by Crippen LogP contribution is 2.39. The Kier molecular flexibility index (Phi) is 4.09. The van der Waals surface area contributed by atoms with Crippen molar-refractivity contribution in [2.24, 2.45) is 5.41 Å². The van der Waals surface area contributed by atoms with E-state index in [1.165, 1.54) is 12.3 Å². The van der Waals surface area contributed by atoms with Crippen molar-refractivity contribution >= 4 is 5.91 Å². The quantitative estimate of drug-likeness (QED) is 0.835. The molecule has 0 unspecified atom stereocenters. The highest BCUT2D eigenvalue weighted by atomic mass is 19.1. The molecule has 0 aliphatic heterocycles. The minimum absolute atomic E-state index is 0.222. The first-order valence-corrected chi connectivity index (χ1v) is 6.92. The van der Waals surface area contributed by atoms with Crippen molar-refractivity contribution in [3.63, 3.8) is 0 Å². The first kappa shape index (κ1) is 14.9. The van der Waals surface area contributed by atoms with Crippen LogP contribution in [-0.2, 0) is 0 Å². The van der Waals surface area contributed by atoms with Gasteiger partial charge in [0.1, 0.15) is 0 Å². The minimum atomic E-state index is -0.835. The van der Waals surface area contributed by atoms with E-state index in [2.05, 4.69) is 24.1 Å². The Labute approximate surface area is 118 Å². The van der Waals surface area contributed by atoms with Crippen LogP contribution in [-0.4, -0.2) is 28.1 Å². The van der Waals surface area contributed by atoms with Crippen molar-refractivity contribution in [3.05, 3.63) is 29.8 Å². The number of aromatic nitrogens is 1. The van der Waals surface area contributed by atoms with Gasteiger partial charge >= 0.3 is 0 Å². The van der Waals surface area contributed by atoms with E-state index in [0.29, 0.717) is 18.4 Å². The zero-order valence-corrected chi connectivity index (χ0v) is 11.9. The molecule has 1 fully saturated rings. The van der Waals surface area contributed by atoms with Crippen LogP contribution in [0.2, 0.25) is 0 Å². The Hall–Kier alpha value is -1.49. The summed E-state index contributed by atoms with van der Waals surface area (Å²) in [6.07, 6.45) is 4.44. The molecule has 1 amide bonds. The van der Waals surface area contributed by atoms with E-state index in [0.717, 1.165) is 18.9 Å². The first-order chi connectivity index (χ1) is 9.30. The summed E-state index contributed by atoms with van der Waals surface area (Å²) in [6, 6.07) is 2.53. The lowest BCUT2D eigenvalue weighted by Crippen LogP contribution is -2.46. The van der Waals surface area contributed by atoms with Crippen LogP contribution in [0.5, 0.6) is 0 Å². The number of hydrogen-bond acceptors (Lipinski definition) is 3. The summed E-state index contributed by atoms with van der Waals surface area (Å²) in [4.78, 5) is 15.3. The lowest BCUT2D eigenvalue weighted by atomic mass is 9.71. The number of rotatable bonds is 3. The molecule has 0 radical (unpaired) electrons. The van der Waals surface area contributed by atoms with Gasteiger partial charge in [0.05, 0.1) is 11.2 Å². The van der Waals surface area contributed by atoms with Crippen LogP contribution < -0.4 is 5.32 Å². The molecule has 2 N–H and O–H groups in total. The Bertz CT molecular complexity index is 475. The molecule has 5 heteroatoms. The molecule has 1 heterocycles. The molecule has 0 aromatic carbocycles. The largest absolute Gasteiger partial charge is 0.388 e. The van der Waals surface area contributed by atoms with Crippen LogP contribution >= 0.6 is 0 Å². The van der Waals surface area contributed by atoms with Gasteiger partial charge in [0.15, 0.2) is 0 Å². The van der Waals surface area contributed by atoms with Gasteiger partial charge in [0.25, 0.3) is 5.91 Å². The molecule has 0 atom stereocenters. The smallest absolute Gasteiger partial charge is 0.252 e. The van der Waals surface area contributed by atoms with E-state index in [4.69, 9.17) is 0 Å². The summed E-state index contributed by atoms with van der Waals surface area (Å²) in [6.45, 7) is 4.60. The second kappa shape index (κ2) is 5.48. The number of nitrogens with one attached hydrogen (secondary N) is 1. The van der Waals surface area contributed by atoms with Gasteiger partial charge in [-0.05, 0) is 43.2 Å². The maximum atomic E-state index is 12.7. The zero-order chi connectivity index (χ0) is 14.8. The molecule has 1 aromatic heterocycles. The van der Waals surface area contributed by atoms with Gasteiger partial charge in [-0.15, -0.1) is 0 Å². The van der Waals surface area contributed by atoms with Crippen molar-refractivity contribution in [2.45, 2.75) is 45.1 Å². The molecule has 110 valence electrons. The Balaban J connectivity index is 1.89. The predicted octanol–water partition coefficient (Wildman–Crippen LogP) is 2.28. The molecular formula is C15H21FN2O2. The molecule has 0 spiro atoms. The van der Waals surface area contributed by atoms with Crippen LogP contribution in [0.15, 0.2) is 18.3 Å². The van der Waals surface area contributed by atoms with Crippen LogP contribution in [0.25, 0.3) is 0 Å². The molecule has 0 bridgehead atoms. The van der Waals surface area contributed by atoms with Crippen molar-refractivity contribution in [1.82, 2.24) is 10.3 Å². The Morgan fingerprint density at radius 3 is 2.55 bits per heavy atom. The monoisotopic (exact) mass is 280 g/mol. The number of pyridine rings is 1. The molecule has 1 saturated carbocycles. The van der Waals surface area contributed by atoms with E-state index in [-0.39, 0.29) is 17.9 Å². The third-order valence-corrected chi connectivity index (χ3v) is 4.10. The van der Waals surface area contributed by atoms with E-state index in [1.807, 2.05) is 0 Å². The molecule has 1 aliphatic carbocycles. The maximum absolute atomic E-state index is 12.7.